The van der Waals surface area contributed by atoms with Crippen LogP contribution in [-0.2, 0) is 17.6 Å². The predicted molar refractivity (Wildman–Crippen MR) is 139 cm³/mol. The Balaban J connectivity index is 1.45. The Morgan fingerprint density at radius 2 is 1.75 bits per heavy atom. The van der Waals surface area contributed by atoms with Gasteiger partial charge in [0.25, 0.3) is 0 Å². The Labute approximate surface area is 211 Å². The van der Waals surface area contributed by atoms with Gasteiger partial charge in [-0.05, 0) is 71.7 Å². The van der Waals surface area contributed by atoms with Crippen molar-refractivity contribution < 1.29 is 18.7 Å². The minimum atomic E-state index is -0.938. The second-order valence-electron chi connectivity index (χ2n) is 9.41. The quantitative estimate of drug-likeness (QED) is 0.361. The van der Waals surface area contributed by atoms with Crippen molar-refractivity contribution in [2.45, 2.75) is 50.8 Å². The number of halogens is 2. The molecule has 3 aromatic rings. The number of rotatable bonds is 9. The largest absolute Gasteiger partial charge is 0.390 e. The molecule has 0 fully saturated rings. The second kappa shape index (κ2) is 12.1. The lowest BCUT2D eigenvalue weighted by Gasteiger charge is -2.30. The summed E-state index contributed by atoms with van der Waals surface area (Å²) >= 11 is 0. The molecule has 0 saturated heterocycles. The summed E-state index contributed by atoms with van der Waals surface area (Å²) in [4.78, 5) is 11.8. The van der Waals surface area contributed by atoms with Crippen molar-refractivity contribution >= 4 is 18.1 Å². The summed E-state index contributed by atoms with van der Waals surface area (Å²) in [6.07, 6.45) is 6.35. The van der Waals surface area contributed by atoms with Gasteiger partial charge >= 0.3 is 0 Å². The van der Waals surface area contributed by atoms with Crippen LogP contribution in [0.5, 0.6) is 0 Å². The molecule has 0 bridgehead atoms. The van der Waals surface area contributed by atoms with E-state index < -0.39 is 23.8 Å². The van der Waals surface area contributed by atoms with E-state index in [9.17, 15) is 18.7 Å². The third kappa shape index (κ3) is 7.09. The summed E-state index contributed by atoms with van der Waals surface area (Å²) in [7, 11) is 0. The number of benzene rings is 3. The highest BCUT2D eigenvalue weighted by Gasteiger charge is 2.25. The van der Waals surface area contributed by atoms with Crippen LogP contribution in [-0.4, -0.2) is 29.7 Å². The highest BCUT2D eigenvalue weighted by Crippen LogP contribution is 2.31. The molecule has 1 amide bonds. The molecule has 0 unspecified atom stereocenters. The van der Waals surface area contributed by atoms with E-state index in [1.807, 2.05) is 18.2 Å². The van der Waals surface area contributed by atoms with Crippen molar-refractivity contribution in [1.82, 2.24) is 10.6 Å². The Morgan fingerprint density at radius 3 is 2.47 bits per heavy atom. The van der Waals surface area contributed by atoms with Crippen LogP contribution in [0.4, 0.5) is 8.78 Å². The average molecular weight is 491 g/mol. The Morgan fingerprint density at radius 1 is 1.03 bits per heavy atom. The molecular formula is C30H32F2N2O2. The SMILES string of the molecule is CC(=O)N[C@@H](Cc1cc(F)cc(F)c1)[C@H](O)CN[C@H]1CCCc2ccc(C=Cc3ccccc3)cc21. The maximum absolute atomic E-state index is 13.7. The summed E-state index contributed by atoms with van der Waals surface area (Å²) in [5.74, 6) is -1.68. The molecule has 3 atom stereocenters. The second-order valence-corrected chi connectivity index (χ2v) is 9.41. The highest BCUT2D eigenvalue weighted by molar-refractivity contribution is 5.73. The molecule has 1 aliphatic carbocycles. The van der Waals surface area contributed by atoms with E-state index in [-0.39, 0.29) is 24.9 Å². The van der Waals surface area contributed by atoms with Crippen molar-refractivity contribution in [3.05, 3.63) is 106 Å². The van der Waals surface area contributed by atoms with Gasteiger partial charge in [-0.2, -0.15) is 0 Å². The van der Waals surface area contributed by atoms with Gasteiger partial charge < -0.3 is 15.7 Å². The van der Waals surface area contributed by atoms with Crippen LogP contribution in [0.25, 0.3) is 12.2 Å². The van der Waals surface area contributed by atoms with Gasteiger partial charge in [0.2, 0.25) is 5.91 Å². The first-order chi connectivity index (χ1) is 17.4. The van der Waals surface area contributed by atoms with Crippen LogP contribution in [0.1, 0.15) is 53.6 Å². The van der Waals surface area contributed by atoms with Crippen LogP contribution >= 0.6 is 0 Å². The van der Waals surface area contributed by atoms with E-state index >= 15 is 0 Å². The van der Waals surface area contributed by atoms with E-state index in [4.69, 9.17) is 0 Å². The van der Waals surface area contributed by atoms with Crippen LogP contribution in [0, 0.1) is 11.6 Å². The number of carbonyl (C=O) groups is 1. The monoisotopic (exact) mass is 490 g/mol. The lowest BCUT2D eigenvalue weighted by atomic mass is 9.86. The molecule has 4 rings (SSSR count). The number of hydrogen-bond donors (Lipinski definition) is 3. The van der Waals surface area contributed by atoms with Crippen molar-refractivity contribution in [2.75, 3.05) is 6.54 Å². The topological polar surface area (TPSA) is 61.4 Å². The van der Waals surface area contributed by atoms with E-state index in [0.717, 1.165) is 36.5 Å². The van der Waals surface area contributed by atoms with Gasteiger partial charge in [-0.15, -0.1) is 0 Å². The Bertz CT molecular complexity index is 1190. The molecule has 6 heteroatoms. The minimum absolute atomic E-state index is 0.0677. The van der Waals surface area contributed by atoms with Crippen LogP contribution < -0.4 is 10.6 Å². The smallest absolute Gasteiger partial charge is 0.217 e. The molecule has 4 nitrogen and oxygen atoms in total. The molecule has 0 saturated carbocycles. The Hall–Kier alpha value is -3.35. The fraction of sp³-hybridized carbons (Fsp3) is 0.300. The van der Waals surface area contributed by atoms with Gasteiger partial charge in [-0.3, -0.25) is 4.79 Å². The molecule has 188 valence electrons. The summed E-state index contributed by atoms with van der Waals surface area (Å²) in [6, 6.07) is 19.3. The molecule has 0 heterocycles. The van der Waals surface area contributed by atoms with E-state index in [2.05, 4.69) is 53.1 Å². The van der Waals surface area contributed by atoms with Crippen molar-refractivity contribution in [3.8, 4) is 0 Å². The lowest BCUT2D eigenvalue weighted by molar-refractivity contribution is -0.120. The van der Waals surface area contributed by atoms with Crippen LogP contribution in [0.2, 0.25) is 0 Å². The average Bonchev–Trinajstić information content (AvgIpc) is 2.85. The molecule has 0 radical (unpaired) electrons. The van der Waals surface area contributed by atoms with Crippen molar-refractivity contribution in [3.63, 3.8) is 0 Å². The van der Waals surface area contributed by atoms with Gasteiger partial charge in [0, 0.05) is 25.6 Å². The maximum Gasteiger partial charge on any atom is 0.217 e. The van der Waals surface area contributed by atoms with E-state index in [1.54, 1.807) is 0 Å². The normalized spacial score (nSPS) is 16.9. The fourth-order valence-corrected chi connectivity index (χ4v) is 4.82. The van der Waals surface area contributed by atoms with Gasteiger partial charge in [0.05, 0.1) is 12.1 Å². The summed E-state index contributed by atoms with van der Waals surface area (Å²) in [5.41, 5.74) is 5.13. The highest BCUT2D eigenvalue weighted by atomic mass is 19.1. The van der Waals surface area contributed by atoms with Crippen LogP contribution in [0.3, 0.4) is 0 Å². The van der Waals surface area contributed by atoms with Crippen molar-refractivity contribution in [1.29, 1.82) is 0 Å². The zero-order chi connectivity index (χ0) is 25.5. The molecular weight excluding hydrogens is 458 g/mol. The number of nitrogens with one attached hydrogen (secondary N) is 2. The van der Waals surface area contributed by atoms with E-state index in [0.29, 0.717) is 5.56 Å². The number of aryl methyl sites for hydroxylation is 1. The summed E-state index contributed by atoms with van der Waals surface area (Å²) in [5, 5.41) is 17.1. The first-order valence-electron chi connectivity index (χ1n) is 12.4. The fourth-order valence-electron chi connectivity index (χ4n) is 4.82. The molecule has 36 heavy (non-hydrogen) atoms. The standard InChI is InChI=1S/C30H32F2N2O2/c1-20(35)34-29(17-23-14-25(31)18-26(32)15-23)30(36)19-33-28-9-5-8-24-13-12-22(16-27(24)28)11-10-21-6-3-2-4-7-21/h2-4,6-7,10-16,18,28-30,33,36H,5,8-9,17,19H2,1H3,(H,34,35)/t28-,29-,30+/m0/s1. The molecule has 0 aromatic heterocycles. The molecule has 3 aromatic carbocycles. The van der Waals surface area contributed by atoms with Gasteiger partial charge in [-0.1, -0.05) is 54.6 Å². The van der Waals surface area contributed by atoms with Crippen molar-refractivity contribution in [2.24, 2.45) is 0 Å². The zero-order valence-corrected chi connectivity index (χ0v) is 20.4. The Kier molecular flexibility index (Phi) is 8.62. The number of aliphatic hydroxyl groups excluding tert-OH is 1. The zero-order valence-electron chi connectivity index (χ0n) is 20.4. The predicted octanol–water partition coefficient (Wildman–Crippen LogP) is 5.21. The molecule has 1 aliphatic rings. The third-order valence-electron chi connectivity index (χ3n) is 6.56. The summed E-state index contributed by atoms with van der Waals surface area (Å²) in [6.45, 7) is 1.60. The number of carbonyl (C=O) groups excluding carboxylic acids is 1. The maximum atomic E-state index is 13.7. The lowest BCUT2D eigenvalue weighted by Crippen LogP contribution is -2.48. The van der Waals surface area contributed by atoms with E-state index in [1.165, 1.54) is 30.2 Å². The number of fused-ring (bicyclic) bond motifs is 1. The van der Waals surface area contributed by atoms with Gasteiger partial charge in [-0.25, -0.2) is 8.78 Å². The number of amides is 1. The van der Waals surface area contributed by atoms with Gasteiger partial charge in [0.1, 0.15) is 11.6 Å². The van der Waals surface area contributed by atoms with Gasteiger partial charge in [0.15, 0.2) is 0 Å². The number of aliphatic hydroxyl groups is 1. The minimum Gasteiger partial charge on any atom is -0.390 e. The third-order valence-corrected chi connectivity index (χ3v) is 6.56. The molecule has 0 spiro atoms. The first kappa shape index (κ1) is 25.7. The summed E-state index contributed by atoms with van der Waals surface area (Å²) < 4.78 is 27.3. The first-order valence-corrected chi connectivity index (χ1v) is 12.4. The molecule has 0 aliphatic heterocycles. The molecule has 3 N–H and O–H groups in total. The van der Waals surface area contributed by atoms with Crippen LogP contribution in [0.15, 0.2) is 66.7 Å². The number of hydrogen-bond acceptors (Lipinski definition) is 3.